The number of aromatic nitrogens is 3. The monoisotopic (exact) mass is 373 g/mol. The molecule has 7 nitrogen and oxygen atoms in total. The minimum atomic E-state index is -5.76. The molecule has 0 saturated carbocycles. The van der Waals surface area contributed by atoms with Gasteiger partial charge in [-0.2, -0.15) is 21.6 Å². The molecule has 0 amide bonds. The maximum atomic E-state index is 12.4. The first-order chi connectivity index (χ1) is 11.7. The molecule has 0 radical (unpaired) electrons. The lowest BCUT2D eigenvalue weighted by molar-refractivity contribution is -0.0500. The van der Waals surface area contributed by atoms with Crippen LogP contribution in [0.1, 0.15) is 0 Å². The van der Waals surface area contributed by atoms with Crippen LogP contribution >= 0.6 is 0 Å². The number of alkyl halides is 3. The van der Waals surface area contributed by atoms with Crippen LogP contribution in [0.5, 0.6) is 11.5 Å². The van der Waals surface area contributed by atoms with Crippen molar-refractivity contribution in [1.82, 2.24) is 15.0 Å². The van der Waals surface area contributed by atoms with E-state index in [9.17, 15) is 21.6 Å². The Hall–Kier alpha value is -2.82. The van der Waals surface area contributed by atoms with Crippen LogP contribution in [-0.4, -0.2) is 36.0 Å². The second-order valence-corrected chi connectivity index (χ2v) is 6.34. The quantitative estimate of drug-likeness (QED) is 0.558. The van der Waals surface area contributed by atoms with Gasteiger partial charge in [-0.15, -0.1) is 0 Å². The van der Waals surface area contributed by atoms with Gasteiger partial charge in [-0.05, 0) is 24.3 Å². The van der Waals surface area contributed by atoms with E-state index in [2.05, 4.69) is 19.1 Å². The predicted octanol–water partition coefficient (Wildman–Crippen LogP) is 2.86. The van der Waals surface area contributed by atoms with Gasteiger partial charge in [0.25, 0.3) is 0 Å². The fourth-order valence-electron chi connectivity index (χ4n) is 2.07. The standard InChI is InChI=1S/C14H10F3N3O4S/c1-23-11-7-8(24-25(21,22)14(15,16)17)4-5-9(11)12-19-10-3-2-6-18-13(10)20-12/h2-7H,1H3,(H,18,19,20). The van der Waals surface area contributed by atoms with Crippen molar-refractivity contribution in [2.24, 2.45) is 0 Å². The molecular formula is C14H10F3N3O4S. The van der Waals surface area contributed by atoms with Gasteiger partial charge in [-0.3, -0.25) is 0 Å². The summed E-state index contributed by atoms with van der Waals surface area (Å²) >= 11 is 0. The third-order valence-electron chi connectivity index (χ3n) is 3.17. The van der Waals surface area contributed by atoms with E-state index < -0.39 is 21.4 Å². The highest BCUT2D eigenvalue weighted by atomic mass is 32.2. The fraction of sp³-hybridized carbons (Fsp3) is 0.143. The Bertz CT molecular complexity index is 998. The lowest BCUT2D eigenvalue weighted by Gasteiger charge is -2.12. The first kappa shape index (κ1) is 17.0. The van der Waals surface area contributed by atoms with Crippen molar-refractivity contribution >= 4 is 21.3 Å². The van der Waals surface area contributed by atoms with E-state index in [1.54, 1.807) is 18.3 Å². The molecule has 3 aromatic rings. The number of halogens is 3. The number of hydrogen-bond donors (Lipinski definition) is 1. The highest BCUT2D eigenvalue weighted by Gasteiger charge is 2.48. The van der Waals surface area contributed by atoms with E-state index >= 15 is 0 Å². The van der Waals surface area contributed by atoms with Gasteiger partial charge in [-0.25, -0.2) is 9.97 Å². The van der Waals surface area contributed by atoms with Crippen LogP contribution in [-0.2, 0) is 10.1 Å². The largest absolute Gasteiger partial charge is 0.534 e. The third-order valence-corrected chi connectivity index (χ3v) is 4.15. The maximum Gasteiger partial charge on any atom is 0.534 e. The van der Waals surface area contributed by atoms with Crippen molar-refractivity contribution in [1.29, 1.82) is 0 Å². The molecule has 2 aromatic heterocycles. The highest BCUT2D eigenvalue weighted by Crippen LogP contribution is 2.34. The highest BCUT2D eigenvalue weighted by molar-refractivity contribution is 7.88. The number of aromatic amines is 1. The summed E-state index contributed by atoms with van der Waals surface area (Å²) in [5.41, 5.74) is -4.03. The van der Waals surface area contributed by atoms with E-state index in [-0.39, 0.29) is 5.75 Å². The van der Waals surface area contributed by atoms with Gasteiger partial charge in [0.2, 0.25) is 0 Å². The van der Waals surface area contributed by atoms with Crippen LogP contribution in [0.15, 0.2) is 36.5 Å². The van der Waals surface area contributed by atoms with E-state index in [4.69, 9.17) is 4.74 Å². The number of H-pyrrole nitrogens is 1. The van der Waals surface area contributed by atoms with Gasteiger partial charge in [0.15, 0.2) is 5.65 Å². The Morgan fingerprint density at radius 1 is 1.20 bits per heavy atom. The van der Waals surface area contributed by atoms with Gasteiger partial charge in [-0.1, -0.05) is 0 Å². The first-order valence-corrected chi connectivity index (χ1v) is 8.12. The average molecular weight is 373 g/mol. The van der Waals surface area contributed by atoms with Crippen LogP contribution in [0.25, 0.3) is 22.6 Å². The Balaban J connectivity index is 2.00. The van der Waals surface area contributed by atoms with Crippen molar-refractivity contribution < 1.29 is 30.5 Å². The summed E-state index contributed by atoms with van der Waals surface area (Å²) < 4.78 is 68.5. The molecule has 11 heteroatoms. The number of methoxy groups -OCH3 is 1. The molecule has 0 aliphatic rings. The number of fused-ring (bicyclic) bond motifs is 1. The van der Waals surface area contributed by atoms with E-state index in [0.717, 1.165) is 12.1 Å². The zero-order valence-corrected chi connectivity index (χ0v) is 13.4. The van der Waals surface area contributed by atoms with Crippen LogP contribution < -0.4 is 8.92 Å². The van der Waals surface area contributed by atoms with Crippen molar-refractivity contribution in [2.75, 3.05) is 7.11 Å². The van der Waals surface area contributed by atoms with Gasteiger partial charge in [0, 0.05) is 12.3 Å². The normalized spacial score (nSPS) is 12.3. The van der Waals surface area contributed by atoms with E-state index in [1.165, 1.54) is 13.2 Å². The number of benzene rings is 1. The third kappa shape index (κ3) is 3.22. The number of pyridine rings is 1. The van der Waals surface area contributed by atoms with Crippen molar-refractivity contribution in [3.05, 3.63) is 36.5 Å². The molecule has 3 rings (SSSR count). The van der Waals surface area contributed by atoms with Gasteiger partial charge >= 0.3 is 15.6 Å². The number of ether oxygens (including phenoxy) is 1. The molecule has 0 fully saturated rings. The molecule has 0 atom stereocenters. The van der Waals surface area contributed by atoms with Gasteiger partial charge < -0.3 is 13.9 Å². The Kier molecular flexibility index (Phi) is 4.03. The maximum absolute atomic E-state index is 12.4. The molecule has 25 heavy (non-hydrogen) atoms. The molecule has 2 heterocycles. The average Bonchev–Trinajstić information content (AvgIpc) is 2.97. The SMILES string of the molecule is COc1cc(OS(=O)(=O)C(F)(F)F)ccc1-c1nc2ncccc2[nH]1. The molecule has 0 aliphatic heterocycles. The van der Waals surface area contributed by atoms with Crippen molar-refractivity contribution in [2.45, 2.75) is 5.51 Å². The zero-order valence-electron chi connectivity index (χ0n) is 12.5. The van der Waals surface area contributed by atoms with Crippen LogP contribution in [0.4, 0.5) is 13.2 Å². The molecule has 0 unspecified atom stereocenters. The first-order valence-electron chi connectivity index (χ1n) is 6.71. The molecule has 0 saturated heterocycles. The number of hydrogen-bond acceptors (Lipinski definition) is 6. The second-order valence-electron chi connectivity index (χ2n) is 4.81. The van der Waals surface area contributed by atoms with Crippen LogP contribution in [0.2, 0.25) is 0 Å². The molecule has 132 valence electrons. The summed E-state index contributed by atoms with van der Waals surface area (Å²) in [6.07, 6.45) is 1.56. The number of nitrogens with one attached hydrogen (secondary N) is 1. The van der Waals surface area contributed by atoms with Crippen molar-refractivity contribution in [3.8, 4) is 22.9 Å². The minimum Gasteiger partial charge on any atom is -0.496 e. The molecule has 0 bridgehead atoms. The smallest absolute Gasteiger partial charge is 0.496 e. The minimum absolute atomic E-state index is 0.0777. The number of nitrogens with zero attached hydrogens (tertiary/aromatic N) is 2. The summed E-state index contributed by atoms with van der Waals surface area (Å²) in [6.45, 7) is 0. The van der Waals surface area contributed by atoms with Gasteiger partial charge in [0.05, 0.1) is 18.2 Å². The predicted molar refractivity (Wildman–Crippen MR) is 81.5 cm³/mol. The Labute approximate surface area is 139 Å². The summed E-state index contributed by atoms with van der Waals surface area (Å²) in [7, 11) is -4.48. The lowest BCUT2D eigenvalue weighted by Crippen LogP contribution is -2.28. The topological polar surface area (TPSA) is 94.2 Å². The van der Waals surface area contributed by atoms with Crippen LogP contribution in [0.3, 0.4) is 0 Å². The summed E-state index contributed by atoms with van der Waals surface area (Å²) in [5.74, 6) is -0.100. The molecule has 1 aromatic carbocycles. The number of imidazole rings is 1. The Morgan fingerprint density at radius 3 is 2.60 bits per heavy atom. The second kappa shape index (κ2) is 5.92. The molecule has 0 spiro atoms. The van der Waals surface area contributed by atoms with E-state index in [1.807, 2.05) is 0 Å². The lowest BCUT2D eigenvalue weighted by atomic mass is 10.2. The molecular weight excluding hydrogens is 363 g/mol. The van der Waals surface area contributed by atoms with E-state index in [0.29, 0.717) is 22.6 Å². The van der Waals surface area contributed by atoms with Crippen molar-refractivity contribution in [3.63, 3.8) is 0 Å². The summed E-state index contributed by atoms with van der Waals surface area (Å²) in [5, 5.41) is 0. The molecule has 0 aliphatic carbocycles. The fourth-order valence-corrected chi connectivity index (χ4v) is 2.52. The van der Waals surface area contributed by atoms with Gasteiger partial charge in [0.1, 0.15) is 17.3 Å². The zero-order chi connectivity index (χ0) is 18.2. The Morgan fingerprint density at radius 2 is 1.96 bits per heavy atom. The summed E-state index contributed by atoms with van der Waals surface area (Å²) in [4.78, 5) is 11.3. The molecule has 1 N–H and O–H groups in total. The summed E-state index contributed by atoms with van der Waals surface area (Å²) in [6, 6.07) is 6.89. The number of rotatable bonds is 4. The van der Waals surface area contributed by atoms with Crippen LogP contribution in [0, 0.1) is 0 Å².